The number of aromatic nitrogens is 3. The Balaban J connectivity index is 1.03. The van der Waals surface area contributed by atoms with Crippen LogP contribution < -0.4 is 4.74 Å². The van der Waals surface area contributed by atoms with E-state index >= 15 is 0 Å². The van der Waals surface area contributed by atoms with Crippen LogP contribution in [0.3, 0.4) is 0 Å². The predicted molar refractivity (Wildman–Crippen MR) is 191 cm³/mol. The Morgan fingerprint density at radius 3 is 2.11 bits per heavy atom. The minimum Gasteiger partial charge on any atom is -0.421 e. The molecule has 0 amide bonds. The average molecular weight is 612 g/mol. The summed E-state index contributed by atoms with van der Waals surface area (Å²) in [5, 5.41) is 2.26. The Hall–Kier alpha value is -5.22. The minimum absolute atomic E-state index is 0.0375. The SMILES string of the molecule is CC(C)(C)c1cccc(-n2c3ccccc3c3ccc(Oc4cccc(-c5ccc6c(c5)CC5(Cc7ccccc7C5)C6)n4)nc32)c1. The maximum Gasteiger partial charge on any atom is 0.223 e. The van der Waals surface area contributed by atoms with Crippen LogP contribution in [0, 0.1) is 5.41 Å². The van der Waals surface area contributed by atoms with Crippen molar-refractivity contribution in [3.8, 4) is 28.7 Å². The Morgan fingerprint density at radius 2 is 1.30 bits per heavy atom. The van der Waals surface area contributed by atoms with Gasteiger partial charge in [-0.05, 0) is 101 Å². The van der Waals surface area contributed by atoms with E-state index in [0.717, 1.165) is 46.3 Å². The van der Waals surface area contributed by atoms with Gasteiger partial charge < -0.3 is 4.74 Å². The first-order valence-corrected chi connectivity index (χ1v) is 16.7. The molecule has 2 aliphatic rings. The van der Waals surface area contributed by atoms with Gasteiger partial charge in [0.1, 0.15) is 5.65 Å². The maximum absolute atomic E-state index is 6.38. The molecule has 0 saturated heterocycles. The average Bonchev–Trinajstić information content (AvgIpc) is 3.73. The van der Waals surface area contributed by atoms with Crippen molar-refractivity contribution < 1.29 is 4.74 Å². The van der Waals surface area contributed by atoms with E-state index in [-0.39, 0.29) is 5.41 Å². The van der Waals surface area contributed by atoms with Gasteiger partial charge in [0.05, 0.1) is 11.2 Å². The van der Waals surface area contributed by atoms with E-state index in [0.29, 0.717) is 17.2 Å². The van der Waals surface area contributed by atoms with Crippen LogP contribution in [0.25, 0.3) is 38.9 Å². The molecule has 0 aliphatic heterocycles. The maximum atomic E-state index is 6.38. The topological polar surface area (TPSA) is 39.9 Å². The summed E-state index contributed by atoms with van der Waals surface area (Å²) in [4.78, 5) is 10.0. The summed E-state index contributed by atoms with van der Waals surface area (Å²) in [7, 11) is 0. The lowest BCUT2D eigenvalue weighted by molar-refractivity contribution is 0.326. The Kier molecular flexibility index (Phi) is 6.20. The monoisotopic (exact) mass is 611 g/mol. The molecule has 47 heavy (non-hydrogen) atoms. The lowest BCUT2D eigenvalue weighted by Gasteiger charge is -2.21. The third-order valence-corrected chi connectivity index (χ3v) is 10.3. The second kappa shape index (κ2) is 10.4. The number of fused-ring (bicyclic) bond motifs is 5. The van der Waals surface area contributed by atoms with E-state index < -0.39 is 0 Å². The van der Waals surface area contributed by atoms with Crippen LogP contribution in [0.15, 0.2) is 121 Å². The van der Waals surface area contributed by atoms with Crippen LogP contribution in [-0.4, -0.2) is 14.5 Å². The largest absolute Gasteiger partial charge is 0.421 e. The number of rotatable bonds is 4. The number of nitrogens with zero attached hydrogens (tertiary/aromatic N) is 3. The van der Waals surface area contributed by atoms with Gasteiger partial charge in [0.15, 0.2) is 0 Å². The van der Waals surface area contributed by atoms with E-state index in [2.05, 4.69) is 128 Å². The van der Waals surface area contributed by atoms with Gasteiger partial charge in [-0.15, -0.1) is 0 Å². The highest BCUT2D eigenvalue weighted by atomic mass is 16.5. The molecule has 7 aromatic rings. The summed E-state index contributed by atoms with van der Waals surface area (Å²) in [6, 6.07) is 43.2. The van der Waals surface area contributed by atoms with Crippen molar-refractivity contribution in [2.24, 2.45) is 5.41 Å². The molecule has 0 bridgehead atoms. The van der Waals surface area contributed by atoms with Crippen molar-refractivity contribution in [1.29, 1.82) is 0 Å². The molecule has 0 unspecified atom stereocenters. The van der Waals surface area contributed by atoms with E-state index in [1.54, 1.807) is 0 Å². The van der Waals surface area contributed by atoms with Crippen molar-refractivity contribution in [3.05, 3.63) is 149 Å². The quantitative estimate of drug-likeness (QED) is 0.199. The molecule has 4 aromatic carbocycles. The zero-order chi connectivity index (χ0) is 31.8. The van der Waals surface area contributed by atoms with Gasteiger partial charge in [-0.1, -0.05) is 93.6 Å². The molecule has 1 spiro atoms. The second-order valence-corrected chi connectivity index (χ2v) is 14.6. The van der Waals surface area contributed by atoms with Gasteiger partial charge in [0.2, 0.25) is 11.8 Å². The lowest BCUT2D eigenvalue weighted by Crippen LogP contribution is -2.21. The summed E-state index contributed by atoms with van der Waals surface area (Å²) in [6.07, 6.45) is 4.62. The highest BCUT2D eigenvalue weighted by Gasteiger charge is 2.41. The van der Waals surface area contributed by atoms with Crippen LogP contribution in [0.2, 0.25) is 0 Å². The van der Waals surface area contributed by atoms with Crippen molar-refractivity contribution >= 4 is 21.9 Å². The van der Waals surface area contributed by atoms with E-state index in [1.165, 1.54) is 46.0 Å². The first kappa shape index (κ1) is 28.0. The molecule has 3 heterocycles. The Bertz CT molecular complexity index is 2320. The van der Waals surface area contributed by atoms with E-state index in [1.807, 2.05) is 18.2 Å². The number of benzene rings is 4. The number of pyridine rings is 2. The van der Waals surface area contributed by atoms with Crippen molar-refractivity contribution in [2.75, 3.05) is 0 Å². The smallest absolute Gasteiger partial charge is 0.223 e. The molecule has 0 radical (unpaired) electrons. The normalized spacial score (nSPS) is 15.0. The van der Waals surface area contributed by atoms with Gasteiger partial charge in [-0.25, -0.2) is 4.98 Å². The number of hydrogen-bond acceptors (Lipinski definition) is 3. The van der Waals surface area contributed by atoms with Crippen LogP contribution in [0.4, 0.5) is 0 Å². The molecule has 230 valence electrons. The van der Waals surface area contributed by atoms with Crippen molar-refractivity contribution in [2.45, 2.75) is 51.9 Å². The van der Waals surface area contributed by atoms with Crippen LogP contribution in [-0.2, 0) is 31.1 Å². The molecule has 9 rings (SSSR count). The van der Waals surface area contributed by atoms with E-state index in [9.17, 15) is 0 Å². The van der Waals surface area contributed by atoms with Gasteiger partial charge in [-0.3, -0.25) is 4.57 Å². The standard InChI is InChI=1S/C43H37N3O/c1-42(2,3)33-12-8-13-34(23-33)46-38-16-7-6-14-35(38)36-20-21-40(45-41(36)46)47-39-17-9-15-37(44-39)28-18-19-31-26-43(27-32(31)22-28)24-29-10-4-5-11-30(29)25-43/h4-23H,24-27H2,1-3H3. The summed E-state index contributed by atoms with van der Waals surface area (Å²) in [6.45, 7) is 6.74. The lowest BCUT2D eigenvalue weighted by atomic mass is 9.82. The zero-order valence-corrected chi connectivity index (χ0v) is 27.1. The molecule has 2 aliphatic carbocycles. The summed E-state index contributed by atoms with van der Waals surface area (Å²) in [5.41, 5.74) is 12.8. The van der Waals surface area contributed by atoms with Gasteiger partial charge >= 0.3 is 0 Å². The number of para-hydroxylation sites is 1. The van der Waals surface area contributed by atoms with Gasteiger partial charge in [0, 0.05) is 34.2 Å². The molecule has 4 heteroatoms. The highest BCUT2D eigenvalue weighted by molar-refractivity contribution is 6.08. The van der Waals surface area contributed by atoms with Crippen molar-refractivity contribution in [1.82, 2.24) is 14.5 Å². The summed E-state index contributed by atoms with van der Waals surface area (Å²) in [5.74, 6) is 1.06. The van der Waals surface area contributed by atoms with Gasteiger partial charge in [-0.2, -0.15) is 4.98 Å². The molecular formula is C43H37N3O. The molecule has 0 N–H and O–H groups in total. The number of hydrogen-bond donors (Lipinski definition) is 0. The predicted octanol–water partition coefficient (Wildman–Crippen LogP) is 10.2. The number of ether oxygens (including phenoxy) is 1. The van der Waals surface area contributed by atoms with Crippen LogP contribution in [0.5, 0.6) is 11.8 Å². The molecule has 0 atom stereocenters. The first-order chi connectivity index (χ1) is 22.8. The fourth-order valence-corrected chi connectivity index (χ4v) is 8.01. The fourth-order valence-electron chi connectivity index (χ4n) is 8.01. The zero-order valence-electron chi connectivity index (χ0n) is 27.1. The fraction of sp³-hybridized carbons (Fsp3) is 0.209. The minimum atomic E-state index is 0.0375. The Morgan fingerprint density at radius 1 is 0.596 bits per heavy atom. The summed E-state index contributed by atoms with van der Waals surface area (Å²) >= 11 is 0. The molecular weight excluding hydrogens is 574 g/mol. The van der Waals surface area contributed by atoms with Crippen molar-refractivity contribution in [3.63, 3.8) is 0 Å². The van der Waals surface area contributed by atoms with Crippen LogP contribution >= 0.6 is 0 Å². The summed E-state index contributed by atoms with van der Waals surface area (Å²) < 4.78 is 8.63. The molecule has 0 fully saturated rings. The molecule has 3 aromatic heterocycles. The Labute approximate surface area is 275 Å². The van der Waals surface area contributed by atoms with Gasteiger partial charge in [0.25, 0.3) is 0 Å². The van der Waals surface area contributed by atoms with Crippen LogP contribution in [0.1, 0.15) is 48.6 Å². The van der Waals surface area contributed by atoms with E-state index in [4.69, 9.17) is 14.7 Å². The third-order valence-electron chi connectivity index (χ3n) is 10.3. The first-order valence-electron chi connectivity index (χ1n) is 16.7. The third kappa shape index (κ3) is 4.82. The second-order valence-electron chi connectivity index (χ2n) is 14.6. The molecule has 0 saturated carbocycles. The highest BCUT2D eigenvalue weighted by Crippen LogP contribution is 2.48. The molecule has 4 nitrogen and oxygen atoms in total.